The van der Waals surface area contributed by atoms with Crippen LogP contribution in [0.1, 0.15) is 35.2 Å². The van der Waals surface area contributed by atoms with Crippen molar-refractivity contribution in [1.29, 1.82) is 0 Å². The quantitative estimate of drug-likeness (QED) is 0.485. The predicted molar refractivity (Wildman–Crippen MR) is 125 cm³/mol. The number of methoxy groups -OCH3 is 1. The molecule has 0 saturated carbocycles. The van der Waals surface area contributed by atoms with E-state index in [2.05, 4.69) is 20.2 Å². The van der Waals surface area contributed by atoms with Crippen LogP contribution >= 0.6 is 0 Å². The molecule has 1 aromatic carbocycles. The maximum Gasteiger partial charge on any atom is 0.221 e. The Balaban J connectivity index is 1.30. The Labute approximate surface area is 192 Å². The number of β-amino-alcohol motifs (C(OH)–C–C–N with tert-alkyl or cyclic N) is 1. The number of aromatic amines is 1. The maximum atomic E-state index is 11.0. The van der Waals surface area contributed by atoms with E-state index in [0.29, 0.717) is 19.0 Å². The van der Waals surface area contributed by atoms with E-state index in [1.54, 1.807) is 11.8 Å². The summed E-state index contributed by atoms with van der Waals surface area (Å²) in [5.41, 5.74) is 5.38. The van der Waals surface area contributed by atoms with E-state index < -0.39 is 6.10 Å². The number of rotatable bonds is 5. The van der Waals surface area contributed by atoms with E-state index in [1.807, 2.05) is 51.2 Å². The molecule has 33 heavy (non-hydrogen) atoms. The number of hydrogen-bond acceptors (Lipinski definition) is 7. The van der Waals surface area contributed by atoms with Crippen LogP contribution in [0.15, 0.2) is 30.3 Å². The number of ether oxygens (including phenoxy) is 1. The zero-order chi connectivity index (χ0) is 23.1. The molecule has 0 aliphatic carbocycles. The van der Waals surface area contributed by atoms with Gasteiger partial charge in [-0.05, 0) is 38.9 Å². The van der Waals surface area contributed by atoms with E-state index in [0.717, 1.165) is 58.0 Å². The van der Waals surface area contributed by atoms with Crippen LogP contribution in [0, 0.1) is 13.8 Å². The topological polar surface area (TPSA) is 105 Å². The van der Waals surface area contributed by atoms with Gasteiger partial charge < -0.3 is 9.84 Å². The SMILES string of the molecule is COc1c(-c2cc([C@H]3CCN(Cc4nc(C)c5ccccc5n4)C[C@@H]3O)[nH]n2)c(C)nn1C. The minimum atomic E-state index is -0.509. The molecule has 1 fully saturated rings. The molecule has 1 aliphatic heterocycles. The number of likely N-dealkylation sites (tertiary alicyclic amines) is 1. The van der Waals surface area contributed by atoms with Gasteiger partial charge in [-0.1, -0.05) is 18.2 Å². The summed E-state index contributed by atoms with van der Waals surface area (Å²) in [6, 6.07) is 10.1. The third-order valence-corrected chi connectivity index (χ3v) is 6.49. The zero-order valence-corrected chi connectivity index (χ0v) is 19.4. The molecule has 3 aromatic heterocycles. The molecule has 5 rings (SSSR count). The van der Waals surface area contributed by atoms with E-state index >= 15 is 0 Å². The largest absolute Gasteiger partial charge is 0.481 e. The molecule has 4 aromatic rings. The van der Waals surface area contributed by atoms with Crippen molar-refractivity contribution in [3.8, 4) is 17.1 Å². The number of piperidine rings is 1. The first-order valence-corrected chi connectivity index (χ1v) is 11.2. The highest BCUT2D eigenvalue weighted by Gasteiger charge is 2.31. The molecule has 4 heterocycles. The first-order chi connectivity index (χ1) is 15.9. The number of aliphatic hydroxyl groups excluding tert-OH is 1. The summed E-state index contributed by atoms with van der Waals surface area (Å²) in [5, 5.41) is 24.1. The second-order valence-corrected chi connectivity index (χ2v) is 8.74. The first kappa shape index (κ1) is 21.5. The maximum absolute atomic E-state index is 11.0. The Morgan fingerprint density at radius 3 is 2.79 bits per heavy atom. The summed E-state index contributed by atoms with van der Waals surface area (Å²) >= 11 is 0. The van der Waals surface area contributed by atoms with Crippen LogP contribution in [0.5, 0.6) is 5.88 Å². The molecule has 0 bridgehead atoms. The van der Waals surface area contributed by atoms with Gasteiger partial charge in [-0.15, -0.1) is 0 Å². The van der Waals surface area contributed by atoms with Gasteiger partial charge in [0.25, 0.3) is 0 Å². The van der Waals surface area contributed by atoms with Crippen LogP contribution in [-0.4, -0.2) is 66.3 Å². The average molecular weight is 448 g/mol. The third-order valence-electron chi connectivity index (χ3n) is 6.49. The lowest BCUT2D eigenvalue weighted by atomic mass is 9.90. The van der Waals surface area contributed by atoms with Crippen molar-refractivity contribution in [3.63, 3.8) is 0 Å². The van der Waals surface area contributed by atoms with Crippen molar-refractivity contribution >= 4 is 10.9 Å². The van der Waals surface area contributed by atoms with Crippen LogP contribution < -0.4 is 4.74 Å². The van der Waals surface area contributed by atoms with Gasteiger partial charge in [0.15, 0.2) is 0 Å². The van der Waals surface area contributed by atoms with Gasteiger partial charge in [-0.2, -0.15) is 10.2 Å². The van der Waals surface area contributed by atoms with Crippen molar-refractivity contribution in [2.24, 2.45) is 7.05 Å². The number of H-pyrrole nitrogens is 1. The Bertz CT molecular complexity index is 1300. The molecule has 0 radical (unpaired) electrons. The molecule has 0 spiro atoms. The summed E-state index contributed by atoms with van der Waals surface area (Å²) in [4.78, 5) is 11.6. The lowest BCUT2D eigenvalue weighted by Gasteiger charge is -2.35. The van der Waals surface area contributed by atoms with Crippen LogP contribution in [0.3, 0.4) is 0 Å². The number of aryl methyl sites for hydroxylation is 3. The van der Waals surface area contributed by atoms with Gasteiger partial charge in [0.1, 0.15) is 5.82 Å². The molecule has 1 aliphatic rings. The molecule has 2 N–H and O–H groups in total. The highest BCUT2D eigenvalue weighted by atomic mass is 16.5. The number of aliphatic hydroxyl groups is 1. The average Bonchev–Trinajstić information content (AvgIpc) is 3.37. The Morgan fingerprint density at radius 2 is 2.00 bits per heavy atom. The Hall–Kier alpha value is -3.30. The standard InChI is InChI=1S/C24H29N7O2/c1-14-16-7-5-6-8-18(16)26-22(25-14)13-31-10-9-17(21(32)12-31)19-11-20(28-27-19)23-15(2)29-30(3)24(23)33-4/h5-8,11,17,21,32H,9-10,12-13H2,1-4H3,(H,27,28)/t17-,21+/m1/s1. The van der Waals surface area contributed by atoms with Crippen molar-refractivity contribution in [2.45, 2.75) is 38.8 Å². The number of para-hydroxylation sites is 1. The van der Waals surface area contributed by atoms with E-state index in [9.17, 15) is 5.11 Å². The van der Waals surface area contributed by atoms with Gasteiger partial charge >= 0.3 is 0 Å². The summed E-state index contributed by atoms with van der Waals surface area (Å²) < 4.78 is 7.22. The lowest BCUT2D eigenvalue weighted by Crippen LogP contribution is -2.42. The highest BCUT2D eigenvalue weighted by Crippen LogP contribution is 2.35. The smallest absolute Gasteiger partial charge is 0.221 e. The number of benzene rings is 1. The Kier molecular flexibility index (Phi) is 5.59. The second-order valence-electron chi connectivity index (χ2n) is 8.74. The minimum Gasteiger partial charge on any atom is -0.481 e. The molecule has 0 unspecified atom stereocenters. The predicted octanol–water partition coefficient (Wildman–Crippen LogP) is 2.73. The van der Waals surface area contributed by atoms with E-state index in [4.69, 9.17) is 14.7 Å². The van der Waals surface area contributed by atoms with E-state index in [-0.39, 0.29) is 5.92 Å². The van der Waals surface area contributed by atoms with Crippen LogP contribution in [-0.2, 0) is 13.6 Å². The van der Waals surface area contributed by atoms with Gasteiger partial charge in [-0.3, -0.25) is 10.00 Å². The van der Waals surface area contributed by atoms with Crippen molar-refractivity contribution in [1.82, 2.24) is 34.8 Å². The fraction of sp³-hybridized carbons (Fsp3) is 0.417. The molecule has 0 amide bonds. The van der Waals surface area contributed by atoms with Crippen LogP contribution in [0.2, 0.25) is 0 Å². The van der Waals surface area contributed by atoms with Crippen molar-refractivity contribution in [3.05, 3.63) is 53.2 Å². The fourth-order valence-corrected chi connectivity index (χ4v) is 4.89. The second kappa shape index (κ2) is 8.57. The zero-order valence-electron chi connectivity index (χ0n) is 19.4. The van der Waals surface area contributed by atoms with E-state index in [1.165, 1.54) is 0 Å². The number of nitrogens with zero attached hydrogens (tertiary/aromatic N) is 6. The van der Waals surface area contributed by atoms with Gasteiger partial charge in [0.2, 0.25) is 5.88 Å². The first-order valence-electron chi connectivity index (χ1n) is 11.2. The van der Waals surface area contributed by atoms with Crippen molar-refractivity contribution in [2.75, 3.05) is 20.2 Å². The summed E-state index contributed by atoms with van der Waals surface area (Å²) in [5.74, 6) is 1.45. The van der Waals surface area contributed by atoms with Crippen LogP contribution in [0.25, 0.3) is 22.2 Å². The molecule has 9 heteroatoms. The number of fused-ring (bicyclic) bond motifs is 1. The molecule has 2 atom stereocenters. The summed E-state index contributed by atoms with van der Waals surface area (Å²) in [7, 11) is 3.48. The highest BCUT2D eigenvalue weighted by molar-refractivity contribution is 5.80. The normalized spacial score (nSPS) is 19.3. The van der Waals surface area contributed by atoms with Gasteiger partial charge in [-0.25, -0.2) is 14.6 Å². The van der Waals surface area contributed by atoms with Crippen molar-refractivity contribution < 1.29 is 9.84 Å². The molecular weight excluding hydrogens is 418 g/mol. The van der Waals surface area contributed by atoms with Gasteiger partial charge in [0, 0.05) is 36.3 Å². The number of aromatic nitrogens is 6. The Morgan fingerprint density at radius 1 is 1.18 bits per heavy atom. The summed E-state index contributed by atoms with van der Waals surface area (Å²) in [6.45, 7) is 5.99. The molecule has 172 valence electrons. The summed E-state index contributed by atoms with van der Waals surface area (Å²) in [6.07, 6.45) is 0.309. The third kappa shape index (κ3) is 3.98. The number of hydrogen-bond donors (Lipinski definition) is 2. The minimum absolute atomic E-state index is 0.00951. The molecular formula is C24H29N7O2. The lowest BCUT2D eigenvalue weighted by molar-refractivity contribution is 0.0453. The monoisotopic (exact) mass is 447 g/mol. The van der Waals surface area contributed by atoms with Crippen LogP contribution in [0.4, 0.5) is 0 Å². The molecule has 1 saturated heterocycles. The molecule has 9 nitrogen and oxygen atoms in total. The number of nitrogens with one attached hydrogen (secondary N) is 1. The van der Waals surface area contributed by atoms with Gasteiger partial charge in [0.05, 0.1) is 42.2 Å². The fourth-order valence-electron chi connectivity index (χ4n) is 4.89.